The number of H-pyrrole nitrogens is 1. The summed E-state index contributed by atoms with van der Waals surface area (Å²) in [6, 6.07) is 8.77. The second-order valence-corrected chi connectivity index (χ2v) is 11.6. The Bertz CT molecular complexity index is 1300. The third kappa shape index (κ3) is 8.50. The number of nitrogens with two attached hydrogens (primary N) is 1. The molecule has 0 aliphatic rings. The van der Waals surface area contributed by atoms with Crippen LogP contribution in [-0.4, -0.2) is 59.6 Å². The number of rotatable bonds is 13. The maximum absolute atomic E-state index is 12.6. The van der Waals surface area contributed by atoms with E-state index in [1.54, 1.807) is 18.2 Å². The van der Waals surface area contributed by atoms with Crippen LogP contribution in [0.2, 0.25) is 0 Å². The summed E-state index contributed by atoms with van der Waals surface area (Å²) in [4.78, 5) is 55.1. The predicted octanol–water partition coefficient (Wildman–Crippen LogP) is 1.67. The highest BCUT2D eigenvalue weighted by atomic mass is 31.2. The maximum atomic E-state index is 12.6. The van der Waals surface area contributed by atoms with E-state index in [4.69, 9.17) is 30.0 Å². The van der Waals surface area contributed by atoms with Crippen LogP contribution in [0.5, 0.6) is 5.75 Å². The number of nitrogens with zero attached hydrogens (tertiary/aromatic N) is 2. The van der Waals surface area contributed by atoms with Crippen LogP contribution >= 0.6 is 15.2 Å². The number of nitrogen functional groups attached to an aromatic ring is 1. The molecule has 0 aliphatic heterocycles. The Kier molecular flexibility index (Phi) is 8.76. The van der Waals surface area contributed by atoms with E-state index in [0.29, 0.717) is 42.0 Å². The first-order valence-electron chi connectivity index (χ1n) is 10.8. The highest BCUT2D eigenvalue weighted by Gasteiger charge is 2.15. The molecule has 35 heavy (non-hydrogen) atoms. The fraction of sp³-hybridized carbons (Fsp3) is 0.400. The molecule has 0 aliphatic carbocycles. The third-order valence-corrected chi connectivity index (χ3v) is 6.90. The number of hydrogen-bond donors (Lipinski definition) is 7. The smallest absolute Gasteiger partial charge is 0.326 e. The lowest BCUT2D eigenvalue weighted by Crippen LogP contribution is -2.17. The molecule has 0 spiro atoms. The van der Waals surface area contributed by atoms with Gasteiger partial charge in [-0.15, -0.1) is 0 Å². The molecule has 0 unspecified atom stereocenters. The minimum absolute atomic E-state index is 0.123. The number of aromatic amines is 1. The zero-order valence-corrected chi connectivity index (χ0v) is 20.6. The Balaban J connectivity index is 1.64. The van der Waals surface area contributed by atoms with Gasteiger partial charge in [-0.2, -0.15) is 0 Å². The molecule has 0 bridgehead atoms. The Morgan fingerprint density at radius 2 is 1.69 bits per heavy atom. The van der Waals surface area contributed by atoms with E-state index in [2.05, 4.69) is 15.3 Å². The molecule has 3 rings (SSSR count). The molecule has 0 atom stereocenters. The molecule has 0 saturated carbocycles. The van der Waals surface area contributed by atoms with Gasteiger partial charge in [0.05, 0.1) is 24.8 Å². The summed E-state index contributed by atoms with van der Waals surface area (Å²) in [6.45, 7) is 0.860. The Labute approximate surface area is 200 Å². The first-order valence-corrected chi connectivity index (χ1v) is 14.4. The van der Waals surface area contributed by atoms with Crippen molar-refractivity contribution in [3.63, 3.8) is 0 Å². The number of anilines is 2. The van der Waals surface area contributed by atoms with Crippen molar-refractivity contribution in [3.8, 4) is 5.75 Å². The van der Waals surface area contributed by atoms with Crippen LogP contribution in [-0.2, 0) is 15.7 Å². The lowest BCUT2D eigenvalue weighted by Gasteiger charge is -2.10. The van der Waals surface area contributed by atoms with Gasteiger partial charge in [-0.25, -0.2) is 9.78 Å². The summed E-state index contributed by atoms with van der Waals surface area (Å²) in [5.41, 5.74) is 7.39. The Morgan fingerprint density at radius 1 is 1.03 bits per heavy atom. The summed E-state index contributed by atoms with van der Waals surface area (Å²) >= 11 is 0. The lowest BCUT2D eigenvalue weighted by atomic mass is 10.2. The Morgan fingerprint density at radius 3 is 2.34 bits per heavy atom. The molecule has 1 aromatic carbocycles. The van der Waals surface area contributed by atoms with Gasteiger partial charge in [-0.3, -0.25) is 13.7 Å². The van der Waals surface area contributed by atoms with Crippen molar-refractivity contribution in [1.29, 1.82) is 0 Å². The molecule has 8 N–H and O–H groups in total. The van der Waals surface area contributed by atoms with Crippen molar-refractivity contribution in [2.75, 3.05) is 36.5 Å². The number of unbranched alkanes of at least 4 members (excludes halogenated alkanes) is 1. The fourth-order valence-corrected chi connectivity index (χ4v) is 4.61. The highest BCUT2D eigenvalue weighted by molar-refractivity contribution is 7.52. The number of pyridine rings is 1. The van der Waals surface area contributed by atoms with Gasteiger partial charge in [0.2, 0.25) is 0 Å². The number of benzene rings is 1. The number of hydrogen-bond acceptors (Lipinski definition) is 7. The fourth-order valence-electron chi connectivity index (χ4n) is 3.41. The van der Waals surface area contributed by atoms with Gasteiger partial charge >= 0.3 is 20.9 Å². The molecule has 0 saturated heterocycles. The Hall–Kier alpha value is -2.66. The lowest BCUT2D eigenvalue weighted by molar-refractivity contribution is 0.306. The average Bonchev–Trinajstić information content (AvgIpc) is 3.07. The van der Waals surface area contributed by atoms with Gasteiger partial charge < -0.3 is 40.3 Å². The highest BCUT2D eigenvalue weighted by Crippen LogP contribution is 2.35. The third-order valence-electron chi connectivity index (χ3n) is 5.10. The summed E-state index contributed by atoms with van der Waals surface area (Å²) in [6.07, 6.45) is 0.702. The van der Waals surface area contributed by atoms with Gasteiger partial charge in [0, 0.05) is 18.8 Å². The van der Waals surface area contributed by atoms with E-state index in [0.717, 1.165) is 5.56 Å². The second-order valence-electron chi connectivity index (χ2n) is 8.06. The van der Waals surface area contributed by atoms with Crippen LogP contribution in [0.15, 0.2) is 35.1 Å². The molecular formula is C20H29N5O8P2. The number of nitrogens with one attached hydrogen (secondary N) is 2. The monoisotopic (exact) mass is 529 g/mol. The van der Waals surface area contributed by atoms with E-state index < -0.39 is 15.2 Å². The van der Waals surface area contributed by atoms with Crippen LogP contribution < -0.4 is 21.5 Å². The van der Waals surface area contributed by atoms with E-state index in [1.165, 1.54) is 4.57 Å². The van der Waals surface area contributed by atoms with Crippen molar-refractivity contribution in [2.24, 2.45) is 0 Å². The summed E-state index contributed by atoms with van der Waals surface area (Å²) < 4.78 is 28.9. The molecule has 2 heterocycles. The van der Waals surface area contributed by atoms with Crippen LogP contribution in [0.3, 0.4) is 0 Å². The first kappa shape index (κ1) is 26.9. The number of imidazole rings is 1. The van der Waals surface area contributed by atoms with E-state index in [1.807, 2.05) is 12.1 Å². The zero-order valence-electron chi connectivity index (χ0n) is 18.8. The molecule has 0 amide bonds. The number of fused-ring (bicyclic) bond motifs is 1. The van der Waals surface area contributed by atoms with Crippen LogP contribution in [0.25, 0.3) is 11.0 Å². The topological polar surface area (TPSA) is 213 Å². The van der Waals surface area contributed by atoms with Crippen molar-refractivity contribution in [2.45, 2.75) is 25.8 Å². The van der Waals surface area contributed by atoms with E-state index >= 15 is 0 Å². The van der Waals surface area contributed by atoms with Crippen LogP contribution in [0, 0.1) is 0 Å². The molecule has 13 nitrogen and oxygen atoms in total. The van der Waals surface area contributed by atoms with Crippen molar-refractivity contribution >= 4 is 37.9 Å². The predicted molar refractivity (Wildman–Crippen MR) is 132 cm³/mol. The second kappa shape index (κ2) is 11.4. The van der Waals surface area contributed by atoms with Gasteiger partial charge in [0.25, 0.3) is 0 Å². The van der Waals surface area contributed by atoms with Crippen molar-refractivity contribution in [3.05, 3.63) is 46.4 Å². The van der Waals surface area contributed by atoms with Crippen LogP contribution in [0.4, 0.5) is 11.6 Å². The summed E-state index contributed by atoms with van der Waals surface area (Å²) in [5.74, 6) is 1.11. The first-order chi connectivity index (χ1) is 16.4. The molecule has 0 fully saturated rings. The molecule has 3 aromatic rings. The zero-order chi connectivity index (χ0) is 25.6. The SMILES string of the molecule is Nc1nc(NCCCP(=O)(O)O)cc2c1[nH]c(=O)n2Cc1ccc(OCCCCP(=O)(O)O)cc1. The van der Waals surface area contributed by atoms with E-state index in [9.17, 15) is 13.9 Å². The number of aromatic nitrogens is 3. The molecule has 0 radical (unpaired) electrons. The molecular weight excluding hydrogens is 500 g/mol. The van der Waals surface area contributed by atoms with Crippen molar-refractivity contribution in [1.82, 2.24) is 14.5 Å². The van der Waals surface area contributed by atoms with Gasteiger partial charge in [-0.05, 0) is 37.0 Å². The number of ether oxygens (including phenoxy) is 1. The molecule has 2 aromatic heterocycles. The van der Waals surface area contributed by atoms with Gasteiger partial charge in [-0.1, -0.05) is 12.1 Å². The van der Waals surface area contributed by atoms with Crippen molar-refractivity contribution < 1.29 is 33.4 Å². The average molecular weight is 529 g/mol. The van der Waals surface area contributed by atoms with E-state index in [-0.39, 0.29) is 43.3 Å². The molecule has 192 valence electrons. The standard InChI is InChI=1S/C20H29N5O8P2/c21-19-18-16(12-17(23-19)22-8-3-11-35(30,31)32)25(20(26)24-18)13-14-4-6-15(7-5-14)33-9-1-2-10-34(27,28)29/h4-7,12H,1-3,8-11,13H2,(H,24,26)(H3,21,22,23)(H2,27,28,29)(H2,30,31,32). The van der Waals surface area contributed by atoms with Gasteiger partial charge in [0.15, 0.2) is 5.82 Å². The van der Waals surface area contributed by atoms with Crippen LogP contribution in [0.1, 0.15) is 24.8 Å². The molecule has 15 heteroatoms. The largest absolute Gasteiger partial charge is 0.494 e. The van der Waals surface area contributed by atoms with Gasteiger partial charge in [0.1, 0.15) is 17.1 Å². The minimum Gasteiger partial charge on any atom is -0.494 e. The minimum atomic E-state index is -4.07. The maximum Gasteiger partial charge on any atom is 0.326 e. The normalized spacial score (nSPS) is 12.2. The summed E-state index contributed by atoms with van der Waals surface area (Å²) in [5, 5.41) is 2.97. The quantitative estimate of drug-likeness (QED) is 0.125. The summed E-state index contributed by atoms with van der Waals surface area (Å²) in [7, 11) is -8.06.